The van der Waals surface area contributed by atoms with E-state index >= 15 is 0 Å². The normalized spacial score (nSPS) is 16.8. The van der Waals surface area contributed by atoms with Gasteiger partial charge in [0.1, 0.15) is 18.2 Å². The van der Waals surface area contributed by atoms with Gasteiger partial charge in [-0.2, -0.15) is 0 Å². The van der Waals surface area contributed by atoms with Crippen LogP contribution in [-0.2, 0) is 4.74 Å². The number of ether oxygens (including phenoxy) is 2. The SMILES string of the molecule is O=C(Nc1ccc(Cl)cc1F)c1ccc(OCC2CCCO2)cc1. The van der Waals surface area contributed by atoms with Crippen LogP contribution < -0.4 is 10.1 Å². The van der Waals surface area contributed by atoms with E-state index in [1.54, 1.807) is 24.3 Å². The van der Waals surface area contributed by atoms with Crippen molar-refractivity contribution in [1.82, 2.24) is 0 Å². The molecule has 0 aliphatic carbocycles. The second-order valence-electron chi connectivity index (χ2n) is 5.55. The van der Waals surface area contributed by atoms with Crippen LogP contribution in [0.15, 0.2) is 42.5 Å². The summed E-state index contributed by atoms with van der Waals surface area (Å²) in [6.45, 7) is 1.29. The second kappa shape index (κ2) is 7.64. The molecule has 2 aromatic carbocycles. The standard InChI is InChI=1S/C18H17ClFNO3/c19-13-5-8-17(16(20)10-13)21-18(22)12-3-6-14(7-4-12)24-11-15-2-1-9-23-15/h3-8,10,15H,1-2,9,11H2,(H,21,22). The summed E-state index contributed by atoms with van der Waals surface area (Å²) in [5.41, 5.74) is 0.497. The lowest BCUT2D eigenvalue weighted by Crippen LogP contribution is -2.16. The van der Waals surface area contributed by atoms with Crippen LogP contribution in [-0.4, -0.2) is 25.2 Å². The van der Waals surface area contributed by atoms with Crippen molar-refractivity contribution in [3.05, 3.63) is 58.9 Å². The van der Waals surface area contributed by atoms with E-state index in [1.165, 1.54) is 12.1 Å². The average molecular weight is 350 g/mol. The molecule has 0 radical (unpaired) electrons. The van der Waals surface area contributed by atoms with E-state index in [-0.39, 0.29) is 16.8 Å². The van der Waals surface area contributed by atoms with Gasteiger partial charge in [-0.1, -0.05) is 11.6 Å². The van der Waals surface area contributed by atoms with Crippen molar-refractivity contribution in [3.63, 3.8) is 0 Å². The molecule has 3 rings (SSSR count). The highest BCUT2D eigenvalue weighted by molar-refractivity contribution is 6.30. The number of hydrogen-bond donors (Lipinski definition) is 1. The number of carbonyl (C=O) groups excluding carboxylic acids is 1. The zero-order valence-electron chi connectivity index (χ0n) is 12.9. The third-order valence-electron chi connectivity index (χ3n) is 3.76. The summed E-state index contributed by atoms with van der Waals surface area (Å²) in [6.07, 6.45) is 2.21. The Morgan fingerprint density at radius 3 is 2.75 bits per heavy atom. The van der Waals surface area contributed by atoms with E-state index in [0.29, 0.717) is 17.9 Å². The highest BCUT2D eigenvalue weighted by atomic mass is 35.5. The predicted octanol–water partition coefficient (Wildman–Crippen LogP) is 4.29. The first kappa shape index (κ1) is 16.7. The predicted molar refractivity (Wildman–Crippen MR) is 90.3 cm³/mol. The molecule has 6 heteroatoms. The summed E-state index contributed by atoms with van der Waals surface area (Å²) in [4.78, 5) is 12.2. The van der Waals surface area contributed by atoms with Gasteiger partial charge in [0, 0.05) is 17.2 Å². The molecule has 1 saturated heterocycles. The molecule has 1 fully saturated rings. The number of nitrogens with one attached hydrogen (secondary N) is 1. The van der Waals surface area contributed by atoms with Crippen molar-refractivity contribution >= 4 is 23.2 Å². The molecule has 4 nitrogen and oxygen atoms in total. The van der Waals surface area contributed by atoms with Gasteiger partial charge in [-0.05, 0) is 55.3 Å². The van der Waals surface area contributed by atoms with Crippen LogP contribution in [0, 0.1) is 5.82 Å². The van der Waals surface area contributed by atoms with Gasteiger partial charge in [0.2, 0.25) is 0 Å². The largest absolute Gasteiger partial charge is 0.491 e. The smallest absolute Gasteiger partial charge is 0.255 e. The molecule has 1 heterocycles. The number of anilines is 1. The van der Waals surface area contributed by atoms with Crippen molar-refractivity contribution in [2.75, 3.05) is 18.5 Å². The van der Waals surface area contributed by atoms with E-state index in [2.05, 4.69) is 5.32 Å². The van der Waals surface area contributed by atoms with Crippen molar-refractivity contribution in [2.45, 2.75) is 18.9 Å². The third kappa shape index (κ3) is 4.24. The van der Waals surface area contributed by atoms with Crippen molar-refractivity contribution < 1.29 is 18.7 Å². The summed E-state index contributed by atoms with van der Waals surface area (Å²) >= 11 is 5.69. The Kier molecular flexibility index (Phi) is 5.33. The minimum absolute atomic E-state index is 0.0862. The fourth-order valence-corrected chi connectivity index (χ4v) is 2.61. The third-order valence-corrected chi connectivity index (χ3v) is 3.99. The van der Waals surface area contributed by atoms with Crippen molar-refractivity contribution in [2.24, 2.45) is 0 Å². The molecule has 2 aromatic rings. The molecule has 1 atom stereocenters. The molecule has 0 saturated carbocycles. The number of hydrogen-bond acceptors (Lipinski definition) is 3. The van der Waals surface area contributed by atoms with Gasteiger partial charge in [-0.3, -0.25) is 4.79 Å². The van der Waals surface area contributed by atoms with Crippen LogP contribution >= 0.6 is 11.6 Å². The Balaban J connectivity index is 1.58. The highest BCUT2D eigenvalue weighted by Crippen LogP contribution is 2.21. The van der Waals surface area contributed by atoms with Crippen LogP contribution in [0.1, 0.15) is 23.2 Å². The van der Waals surface area contributed by atoms with E-state index in [1.807, 2.05) is 0 Å². The topological polar surface area (TPSA) is 47.6 Å². The van der Waals surface area contributed by atoms with Gasteiger partial charge in [0.25, 0.3) is 5.91 Å². The first-order chi connectivity index (χ1) is 11.6. The van der Waals surface area contributed by atoms with Crippen LogP contribution in [0.25, 0.3) is 0 Å². The fraction of sp³-hybridized carbons (Fsp3) is 0.278. The van der Waals surface area contributed by atoms with Gasteiger partial charge < -0.3 is 14.8 Å². The maximum atomic E-state index is 13.7. The fourth-order valence-electron chi connectivity index (χ4n) is 2.45. The maximum absolute atomic E-state index is 13.7. The zero-order valence-corrected chi connectivity index (χ0v) is 13.7. The van der Waals surface area contributed by atoms with Gasteiger partial charge in [0.15, 0.2) is 0 Å². The van der Waals surface area contributed by atoms with Crippen LogP contribution in [0.5, 0.6) is 5.75 Å². The Morgan fingerprint density at radius 1 is 1.29 bits per heavy atom. The van der Waals surface area contributed by atoms with E-state index in [0.717, 1.165) is 25.5 Å². The molecule has 126 valence electrons. The monoisotopic (exact) mass is 349 g/mol. The van der Waals surface area contributed by atoms with Crippen LogP contribution in [0.4, 0.5) is 10.1 Å². The maximum Gasteiger partial charge on any atom is 0.255 e. The molecule has 1 aliphatic heterocycles. The molecule has 0 aromatic heterocycles. The quantitative estimate of drug-likeness (QED) is 0.876. The number of amides is 1. The van der Waals surface area contributed by atoms with Gasteiger partial charge in [-0.25, -0.2) is 4.39 Å². The molecule has 1 amide bonds. The van der Waals surface area contributed by atoms with Gasteiger partial charge in [0.05, 0.1) is 11.8 Å². The van der Waals surface area contributed by atoms with Gasteiger partial charge >= 0.3 is 0 Å². The molecule has 1 N–H and O–H groups in total. The van der Waals surface area contributed by atoms with Crippen LogP contribution in [0.2, 0.25) is 5.02 Å². The first-order valence-corrected chi connectivity index (χ1v) is 8.10. The van der Waals surface area contributed by atoms with Crippen molar-refractivity contribution in [3.8, 4) is 5.75 Å². The molecular weight excluding hydrogens is 333 g/mol. The molecule has 1 unspecified atom stereocenters. The molecular formula is C18H17ClFNO3. The lowest BCUT2D eigenvalue weighted by Gasteiger charge is -2.12. The van der Waals surface area contributed by atoms with Crippen LogP contribution in [0.3, 0.4) is 0 Å². The van der Waals surface area contributed by atoms with E-state index in [9.17, 15) is 9.18 Å². The summed E-state index contributed by atoms with van der Waals surface area (Å²) in [5.74, 6) is -0.311. The summed E-state index contributed by atoms with van der Waals surface area (Å²) in [7, 11) is 0. The second-order valence-corrected chi connectivity index (χ2v) is 5.99. The Bertz CT molecular complexity index is 715. The number of carbonyl (C=O) groups is 1. The summed E-state index contributed by atoms with van der Waals surface area (Å²) in [5, 5.41) is 2.79. The minimum Gasteiger partial charge on any atom is -0.491 e. The number of benzene rings is 2. The average Bonchev–Trinajstić information content (AvgIpc) is 3.09. The summed E-state index contributed by atoms with van der Waals surface area (Å²) in [6, 6.07) is 10.8. The molecule has 0 bridgehead atoms. The lowest BCUT2D eigenvalue weighted by molar-refractivity contribution is 0.0679. The first-order valence-electron chi connectivity index (χ1n) is 7.73. The molecule has 0 spiro atoms. The number of halogens is 2. The lowest BCUT2D eigenvalue weighted by atomic mass is 10.2. The Labute approximate surface area is 144 Å². The van der Waals surface area contributed by atoms with E-state index in [4.69, 9.17) is 21.1 Å². The van der Waals surface area contributed by atoms with Gasteiger partial charge in [-0.15, -0.1) is 0 Å². The molecule has 24 heavy (non-hydrogen) atoms. The molecule has 1 aliphatic rings. The Morgan fingerprint density at radius 2 is 2.08 bits per heavy atom. The Hall–Kier alpha value is -2.11. The van der Waals surface area contributed by atoms with Crippen molar-refractivity contribution in [1.29, 1.82) is 0 Å². The van der Waals surface area contributed by atoms with E-state index < -0.39 is 11.7 Å². The minimum atomic E-state index is -0.577. The number of rotatable bonds is 5. The summed E-state index contributed by atoms with van der Waals surface area (Å²) < 4.78 is 24.8. The highest BCUT2D eigenvalue weighted by Gasteiger charge is 2.16. The zero-order chi connectivity index (χ0) is 16.9.